The highest BCUT2D eigenvalue weighted by molar-refractivity contribution is 14.1. The molecule has 0 bridgehead atoms. The molecule has 0 aromatic carbocycles. The number of carbonyl (C=O) groups is 1. The second-order valence-corrected chi connectivity index (χ2v) is 7.74. The summed E-state index contributed by atoms with van der Waals surface area (Å²) < 4.78 is 1.12. The second kappa shape index (κ2) is 6.37. The molecule has 1 amide bonds. The third-order valence-electron chi connectivity index (χ3n) is 3.80. The van der Waals surface area contributed by atoms with Gasteiger partial charge in [0.15, 0.2) is 0 Å². The Hall–Kier alpha value is -1.05. The first-order valence-corrected chi connectivity index (χ1v) is 8.22. The molecule has 21 heavy (non-hydrogen) atoms. The van der Waals surface area contributed by atoms with Crippen molar-refractivity contribution in [1.29, 1.82) is 0 Å². The minimum absolute atomic E-state index is 0.361. The first-order chi connectivity index (χ1) is 9.77. The van der Waals surface area contributed by atoms with Crippen molar-refractivity contribution in [1.82, 2.24) is 9.88 Å². The monoisotopic (exact) mass is 403 g/mol. The zero-order valence-corrected chi connectivity index (χ0v) is 14.9. The molecule has 0 spiro atoms. The van der Waals surface area contributed by atoms with Gasteiger partial charge in [0.05, 0.1) is 0 Å². The summed E-state index contributed by atoms with van der Waals surface area (Å²) >= 11 is 2.24. The van der Waals surface area contributed by atoms with Gasteiger partial charge in [0.25, 0.3) is 0 Å². The third kappa shape index (κ3) is 4.21. The number of halogens is 1. The Morgan fingerprint density at radius 1 is 1.52 bits per heavy atom. The summed E-state index contributed by atoms with van der Waals surface area (Å²) in [6, 6.07) is 4.08. The summed E-state index contributed by atoms with van der Waals surface area (Å²) in [5.41, 5.74) is -0.361. The van der Waals surface area contributed by atoms with Crippen LogP contribution in [0.25, 0.3) is 0 Å². The number of anilines is 1. The third-order valence-corrected chi connectivity index (χ3v) is 4.44. The molecule has 1 saturated heterocycles. The maximum atomic E-state index is 11.4. The zero-order chi connectivity index (χ0) is 15.6. The molecular weight excluding hydrogens is 381 g/mol. The van der Waals surface area contributed by atoms with Crippen molar-refractivity contribution in [2.24, 2.45) is 5.92 Å². The maximum Gasteiger partial charge on any atom is 0.407 e. The standard InChI is InChI=1S/C15H22IN3O2/c1-15(2,3)19(14(20)21)10-11-6-7-18(9-11)13-5-4-12(16)8-17-13/h4-5,8,11H,6-7,9-10H2,1-3H3,(H,20,21)/t11-/m1/s1. The van der Waals surface area contributed by atoms with Gasteiger partial charge in [-0.25, -0.2) is 9.78 Å². The minimum Gasteiger partial charge on any atom is -0.465 e. The molecular formula is C15H22IN3O2. The quantitative estimate of drug-likeness (QED) is 0.788. The van der Waals surface area contributed by atoms with E-state index in [0.717, 1.165) is 28.9 Å². The molecule has 6 heteroatoms. The highest BCUT2D eigenvalue weighted by atomic mass is 127. The van der Waals surface area contributed by atoms with Crippen LogP contribution in [0.5, 0.6) is 0 Å². The molecule has 116 valence electrons. The van der Waals surface area contributed by atoms with Crippen molar-refractivity contribution in [3.8, 4) is 0 Å². The Labute approximate surface area is 139 Å². The second-order valence-electron chi connectivity index (χ2n) is 6.50. The van der Waals surface area contributed by atoms with Crippen molar-refractivity contribution in [2.75, 3.05) is 24.5 Å². The van der Waals surface area contributed by atoms with Gasteiger partial charge in [-0.1, -0.05) is 0 Å². The van der Waals surface area contributed by atoms with Crippen LogP contribution in [0.4, 0.5) is 10.6 Å². The Morgan fingerprint density at radius 2 is 2.24 bits per heavy atom. The Bertz CT molecular complexity index is 499. The summed E-state index contributed by atoms with van der Waals surface area (Å²) in [5.74, 6) is 1.34. The number of hydrogen-bond donors (Lipinski definition) is 1. The summed E-state index contributed by atoms with van der Waals surface area (Å²) in [7, 11) is 0. The Kier molecular flexibility index (Phi) is 4.95. The molecule has 1 aromatic heterocycles. The summed E-state index contributed by atoms with van der Waals surface area (Å²) in [4.78, 5) is 19.7. The van der Waals surface area contributed by atoms with Crippen LogP contribution in [-0.4, -0.2) is 46.3 Å². The van der Waals surface area contributed by atoms with Crippen LogP contribution in [0.1, 0.15) is 27.2 Å². The fraction of sp³-hybridized carbons (Fsp3) is 0.600. The molecule has 0 radical (unpaired) electrons. The molecule has 1 fully saturated rings. The maximum absolute atomic E-state index is 11.4. The van der Waals surface area contributed by atoms with Crippen molar-refractivity contribution in [3.05, 3.63) is 21.9 Å². The van der Waals surface area contributed by atoms with Crippen LogP contribution in [0.2, 0.25) is 0 Å². The molecule has 1 aliphatic rings. The zero-order valence-electron chi connectivity index (χ0n) is 12.7. The van der Waals surface area contributed by atoms with Gasteiger partial charge in [0, 0.05) is 34.9 Å². The van der Waals surface area contributed by atoms with E-state index in [9.17, 15) is 9.90 Å². The van der Waals surface area contributed by atoms with Gasteiger partial charge in [0.1, 0.15) is 5.82 Å². The minimum atomic E-state index is -0.840. The van der Waals surface area contributed by atoms with Gasteiger partial charge in [-0.05, 0) is 67.8 Å². The van der Waals surface area contributed by atoms with Gasteiger partial charge < -0.3 is 14.9 Å². The van der Waals surface area contributed by atoms with Crippen molar-refractivity contribution in [3.63, 3.8) is 0 Å². The van der Waals surface area contributed by atoms with Gasteiger partial charge in [-0.15, -0.1) is 0 Å². The van der Waals surface area contributed by atoms with E-state index < -0.39 is 6.09 Å². The van der Waals surface area contributed by atoms with E-state index in [1.54, 1.807) is 4.90 Å². The van der Waals surface area contributed by atoms with Crippen LogP contribution >= 0.6 is 22.6 Å². The molecule has 2 heterocycles. The van der Waals surface area contributed by atoms with Crippen LogP contribution in [0.15, 0.2) is 18.3 Å². The highest BCUT2D eigenvalue weighted by Crippen LogP contribution is 2.25. The Morgan fingerprint density at radius 3 is 2.76 bits per heavy atom. The predicted octanol–water partition coefficient (Wildman–Crippen LogP) is 3.29. The fourth-order valence-corrected chi connectivity index (χ4v) is 2.96. The SMILES string of the molecule is CC(C)(C)N(C[C@@H]1CCN(c2ccc(I)cn2)C1)C(=O)O. The van der Waals surface area contributed by atoms with Crippen LogP contribution < -0.4 is 4.90 Å². The molecule has 1 N–H and O–H groups in total. The number of hydrogen-bond acceptors (Lipinski definition) is 3. The fourth-order valence-electron chi connectivity index (χ4n) is 2.64. The number of aromatic nitrogens is 1. The van der Waals surface area contributed by atoms with Crippen molar-refractivity contribution < 1.29 is 9.90 Å². The normalized spacial score (nSPS) is 18.9. The lowest BCUT2D eigenvalue weighted by molar-refractivity contribution is 0.0908. The van der Waals surface area contributed by atoms with Gasteiger partial charge in [0.2, 0.25) is 0 Å². The Balaban J connectivity index is 1.99. The molecule has 1 atom stereocenters. The molecule has 1 aromatic rings. The average molecular weight is 403 g/mol. The van der Waals surface area contributed by atoms with E-state index in [1.165, 1.54) is 0 Å². The first kappa shape index (κ1) is 16.3. The molecule has 0 aliphatic carbocycles. The highest BCUT2D eigenvalue weighted by Gasteiger charge is 2.32. The predicted molar refractivity (Wildman–Crippen MR) is 91.8 cm³/mol. The molecule has 0 saturated carbocycles. The van der Waals surface area contributed by atoms with E-state index in [4.69, 9.17) is 0 Å². The smallest absolute Gasteiger partial charge is 0.407 e. The van der Waals surface area contributed by atoms with E-state index >= 15 is 0 Å². The van der Waals surface area contributed by atoms with E-state index in [0.29, 0.717) is 12.5 Å². The van der Waals surface area contributed by atoms with Crippen molar-refractivity contribution >= 4 is 34.5 Å². The first-order valence-electron chi connectivity index (χ1n) is 7.14. The number of rotatable bonds is 3. The van der Waals surface area contributed by atoms with Gasteiger partial charge >= 0.3 is 6.09 Å². The van der Waals surface area contributed by atoms with Crippen LogP contribution in [0.3, 0.4) is 0 Å². The van der Waals surface area contributed by atoms with Crippen LogP contribution in [-0.2, 0) is 0 Å². The lowest BCUT2D eigenvalue weighted by Crippen LogP contribution is -2.47. The average Bonchev–Trinajstić information content (AvgIpc) is 2.83. The largest absolute Gasteiger partial charge is 0.465 e. The summed E-state index contributed by atoms with van der Waals surface area (Å²) in [6.07, 6.45) is 2.03. The van der Waals surface area contributed by atoms with Gasteiger partial charge in [-0.3, -0.25) is 0 Å². The topological polar surface area (TPSA) is 56.7 Å². The van der Waals surface area contributed by atoms with E-state index in [2.05, 4.69) is 38.5 Å². The van der Waals surface area contributed by atoms with E-state index in [1.807, 2.05) is 33.0 Å². The summed E-state index contributed by atoms with van der Waals surface area (Å²) in [5, 5.41) is 9.38. The number of nitrogens with zero attached hydrogens (tertiary/aromatic N) is 3. The molecule has 2 rings (SSSR count). The van der Waals surface area contributed by atoms with Crippen molar-refractivity contribution in [2.45, 2.75) is 32.7 Å². The lowest BCUT2D eigenvalue weighted by atomic mass is 10.0. The molecule has 0 unspecified atom stereocenters. The molecule has 5 nitrogen and oxygen atoms in total. The van der Waals surface area contributed by atoms with Gasteiger partial charge in [-0.2, -0.15) is 0 Å². The van der Waals surface area contributed by atoms with E-state index in [-0.39, 0.29) is 5.54 Å². The number of pyridine rings is 1. The summed E-state index contributed by atoms with van der Waals surface area (Å²) in [6.45, 7) is 8.21. The lowest BCUT2D eigenvalue weighted by Gasteiger charge is -2.35. The number of amides is 1. The number of carboxylic acid groups (broad SMARTS) is 1. The van der Waals surface area contributed by atoms with Crippen LogP contribution in [0, 0.1) is 9.49 Å². The molecule has 1 aliphatic heterocycles.